The number of nitro groups is 1. The lowest BCUT2D eigenvalue weighted by Crippen LogP contribution is -2.21. The molecule has 0 amide bonds. The number of rotatable bonds is 6. The highest BCUT2D eigenvalue weighted by Gasteiger charge is 2.61. The van der Waals surface area contributed by atoms with Gasteiger partial charge in [-0.15, -0.1) is 0 Å². The second-order valence-electron chi connectivity index (χ2n) is 4.73. The van der Waals surface area contributed by atoms with Crippen molar-refractivity contribution in [2.75, 3.05) is 20.8 Å². The first-order valence-corrected chi connectivity index (χ1v) is 6.12. The first kappa shape index (κ1) is 15.0. The molecule has 0 N–H and O–H groups in total. The Bertz CT molecular complexity index is 578. The normalized spacial score (nSPS) is 23.3. The van der Waals surface area contributed by atoms with Crippen LogP contribution in [0, 0.1) is 16.0 Å². The molecule has 1 saturated carbocycles. The fourth-order valence-corrected chi connectivity index (χ4v) is 1.94. The van der Waals surface area contributed by atoms with Crippen molar-refractivity contribution in [2.45, 2.75) is 12.1 Å². The van der Waals surface area contributed by atoms with E-state index in [0.29, 0.717) is 0 Å². The highest BCUT2D eigenvalue weighted by molar-refractivity contribution is 5.77. The van der Waals surface area contributed by atoms with Crippen LogP contribution in [0.4, 0.5) is 10.1 Å². The van der Waals surface area contributed by atoms with Crippen LogP contribution >= 0.6 is 0 Å². The standard InChI is InChI=1S/C13H14FNO6/c1-19-9-3-8(15(17)18)4-10(5-9)21-7-13(14)6-11(13)12(16)20-2/h3-5,11H,6-7H2,1-2H3/t11-,13+/m0/s1. The van der Waals surface area contributed by atoms with E-state index in [1.165, 1.54) is 32.4 Å². The molecule has 114 valence electrons. The molecule has 0 heterocycles. The minimum atomic E-state index is -1.79. The lowest BCUT2D eigenvalue weighted by Gasteiger charge is -2.11. The SMILES string of the molecule is COC(=O)[C@@H]1C[C@@]1(F)COc1cc(OC)cc([N+](=O)[O-])c1. The van der Waals surface area contributed by atoms with Crippen molar-refractivity contribution in [3.63, 3.8) is 0 Å². The van der Waals surface area contributed by atoms with Crippen molar-refractivity contribution in [1.29, 1.82) is 0 Å². The zero-order chi connectivity index (χ0) is 15.6. The molecule has 0 bridgehead atoms. The average molecular weight is 299 g/mol. The minimum absolute atomic E-state index is 0.0196. The van der Waals surface area contributed by atoms with E-state index in [1.807, 2.05) is 0 Å². The summed E-state index contributed by atoms with van der Waals surface area (Å²) < 4.78 is 28.7. The van der Waals surface area contributed by atoms with Crippen LogP contribution in [0.1, 0.15) is 6.42 Å². The van der Waals surface area contributed by atoms with Crippen molar-refractivity contribution in [1.82, 2.24) is 0 Å². The number of carbonyl (C=O) groups excluding carboxylic acids is 1. The number of hydrogen-bond donors (Lipinski definition) is 0. The van der Waals surface area contributed by atoms with Gasteiger partial charge in [0.2, 0.25) is 0 Å². The van der Waals surface area contributed by atoms with Crippen molar-refractivity contribution in [3.05, 3.63) is 28.3 Å². The molecule has 1 fully saturated rings. The molecule has 1 aliphatic rings. The molecule has 1 aliphatic carbocycles. The Balaban J connectivity index is 2.05. The number of halogens is 1. The predicted octanol–water partition coefficient (Wildman–Crippen LogP) is 1.88. The molecular weight excluding hydrogens is 285 g/mol. The van der Waals surface area contributed by atoms with E-state index in [2.05, 4.69) is 4.74 Å². The molecule has 1 aromatic carbocycles. The number of nitro benzene ring substituents is 1. The molecule has 8 heteroatoms. The number of alkyl halides is 1. The molecule has 0 aliphatic heterocycles. The van der Waals surface area contributed by atoms with Crippen LogP contribution in [0.5, 0.6) is 11.5 Å². The zero-order valence-corrected chi connectivity index (χ0v) is 11.5. The number of hydrogen-bond acceptors (Lipinski definition) is 6. The Hall–Kier alpha value is -2.38. The van der Waals surface area contributed by atoms with Gasteiger partial charge in [0, 0.05) is 12.5 Å². The van der Waals surface area contributed by atoms with Gasteiger partial charge in [0.15, 0.2) is 5.67 Å². The lowest BCUT2D eigenvalue weighted by atomic mass is 10.2. The second-order valence-corrected chi connectivity index (χ2v) is 4.73. The monoisotopic (exact) mass is 299 g/mol. The van der Waals surface area contributed by atoms with Crippen molar-refractivity contribution < 1.29 is 28.3 Å². The molecule has 0 radical (unpaired) electrons. The Morgan fingerprint density at radius 2 is 2.10 bits per heavy atom. The Morgan fingerprint density at radius 1 is 1.43 bits per heavy atom. The number of nitrogens with zero attached hydrogens (tertiary/aromatic N) is 1. The van der Waals surface area contributed by atoms with Gasteiger partial charge in [-0.05, 0) is 0 Å². The molecule has 0 unspecified atom stereocenters. The van der Waals surface area contributed by atoms with Gasteiger partial charge < -0.3 is 14.2 Å². The Labute approximate surface area is 119 Å². The van der Waals surface area contributed by atoms with Gasteiger partial charge in [0.25, 0.3) is 5.69 Å². The second kappa shape index (κ2) is 5.55. The number of ether oxygens (including phenoxy) is 3. The number of esters is 1. The van der Waals surface area contributed by atoms with Gasteiger partial charge in [-0.25, -0.2) is 4.39 Å². The number of non-ortho nitro benzene ring substituents is 1. The van der Waals surface area contributed by atoms with Crippen LogP contribution in [-0.2, 0) is 9.53 Å². The summed E-state index contributed by atoms with van der Waals surface area (Å²) in [6.45, 7) is -0.378. The zero-order valence-electron chi connectivity index (χ0n) is 11.5. The van der Waals surface area contributed by atoms with E-state index in [1.54, 1.807) is 0 Å². The molecule has 1 aromatic rings. The first-order chi connectivity index (χ1) is 9.89. The minimum Gasteiger partial charge on any atom is -0.496 e. The molecule has 7 nitrogen and oxygen atoms in total. The van der Waals surface area contributed by atoms with Gasteiger partial charge in [-0.3, -0.25) is 14.9 Å². The van der Waals surface area contributed by atoms with Crippen molar-refractivity contribution in [3.8, 4) is 11.5 Å². The molecular formula is C13H14FNO6. The van der Waals surface area contributed by atoms with Crippen LogP contribution in [0.25, 0.3) is 0 Å². The van der Waals surface area contributed by atoms with Crippen LogP contribution in [0.3, 0.4) is 0 Å². The third-order valence-corrected chi connectivity index (χ3v) is 3.28. The highest BCUT2D eigenvalue weighted by Crippen LogP contribution is 2.48. The van der Waals surface area contributed by atoms with Crippen LogP contribution < -0.4 is 9.47 Å². The van der Waals surface area contributed by atoms with E-state index in [-0.39, 0.29) is 30.2 Å². The van der Waals surface area contributed by atoms with Crippen LogP contribution in [0.2, 0.25) is 0 Å². The molecule has 0 aromatic heterocycles. The molecule has 0 saturated heterocycles. The van der Waals surface area contributed by atoms with E-state index < -0.39 is 22.5 Å². The average Bonchev–Trinajstić information content (AvgIpc) is 3.16. The molecule has 2 rings (SSSR count). The number of methoxy groups -OCH3 is 2. The maximum absolute atomic E-state index is 14.1. The van der Waals surface area contributed by atoms with Crippen molar-refractivity contribution in [2.24, 2.45) is 5.92 Å². The number of carbonyl (C=O) groups is 1. The Morgan fingerprint density at radius 3 is 2.67 bits per heavy atom. The lowest BCUT2D eigenvalue weighted by molar-refractivity contribution is -0.385. The van der Waals surface area contributed by atoms with Gasteiger partial charge in [0.05, 0.1) is 37.2 Å². The smallest absolute Gasteiger partial charge is 0.312 e. The maximum atomic E-state index is 14.1. The predicted molar refractivity (Wildman–Crippen MR) is 69.1 cm³/mol. The summed E-state index contributed by atoms with van der Waals surface area (Å²) in [6, 6.07) is 3.81. The van der Waals surface area contributed by atoms with Crippen molar-refractivity contribution >= 4 is 11.7 Å². The fourth-order valence-electron chi connectivity index (χ4n) is 1.94. The topological polar surface area (TPSA) is 87.9 Å². The molecule has 0 spiro atoms. The summed E-state index contributed by atoms with van der Waals surface area (Å²) in [5.41, 5.74) is -2.01. The van der Waals surface area contributed by atoms with Gasteiger partial charge in [0.1, 0.15) is 18.1 Å². The summed E-state index contributed by atoms with van der Waals surface area (Å²) in [5, 5.41) is 10.8. The van der Waals surface area contributed by atoms with Gasteiger partial charge >= 0.3 is 5.97 Å². The summed E-state index contributed by atoms with van der Waals surface area (Å²) in [4.78, 5) is 21.4. The molecule has 2 atom stereocenters. The summed E-state index contributed by atoms with van der Waals surface area (Å²) in [6.07, 6.45) is 0.0196. The number of benzene rings is 1. The van der Waals surface area contributed by atoms with E-state index in [0.717, 1.165) is 0 Å². The van der Waals surface area contributed by atoms with Crippen LogP contribution in [-0.4, -0.2) is 37.4 Å². The summed E-state index contributed by atoms with van der Waals surface area (Å²) in [7, 11) is 2.54. The third kappa shape index (κ3) is 3.21. The largest absolute Gasteiger partial charge is 0.496 e. The summed E-state index contributed by atoms with van der Waals surface area (Å²) >= 11 is 0. The maximum Gasteiger partial charge on any atom is 0.312 e. The van der Waals surface area contributed by atoms with E-state index in [9.17, 15) is 19.3 Å². The van der Waals surface area contributed by atoms with E-state index >= 15 is 0 Å². The Kier molecular flexibility index (Phi) is 3.97. The van der Waals surface area contributed by atoms with Gasteiger partial charge in [-0.1, -0.05) is 0 Å². The fraction of sp³-hybridized carbons (Fsp3) is 0.462. The van der Waals surface area contributed by atoms with E-state index in [4.69, 9.17) is 9.47 Å². The first-order valence-electron chi connectivity index (χ1n) is 6.12. The summed E-state index contributed by atoms with van der Waals surface area (Å²) in [5.74, 6) is -1.14. The van der Waals surface area contributed by atoms with Crippen LogP contribution in [0.15, 0.2) is 18.2 Å². The highest BCUT2D eigenvalue weighted by atomic mass is 19.1. The quantitative estimate of drug-likeness (QED) is 0.453. The molecule has 21 heavy (non-hydrogen) atoms. The third-order valence-electron chi connectivity index (χ3n) is 3.28. The van der Waals surface area contributed by atoms with Gasteiger partial charge in [-0.2, -0.15) is 0 Å².